The number of hydrogen-bond acceptors (Lipinski definition) is 3. The summed E-state index contributed by atoms with van der Waals surface area (Å²) >= 11 is 0. The number of rotatable bonds is 6. The maximum absolute atomic E-state index is 5.78. The smallest absolute Gasteiger partial charge is 0.315 e. The fourth-order valence-corrected chi connectivity index (χ4v) is 3.57. The molecule has 0 atom stereocenters. The SMILES string of the molecule is CCC/C(CC)=N/OC(=NC1CCCCC1)NC1CCCCC1. The minimum Gasteiger partial charge on any atom is -0.335 e. The van der Waals surface area contributed by atoms with Crippen molar-refractivity contribution in [3.63, 3.8) is 0 Å². The van der Waals surface area contributed by atoms with Gasteiger partial charge in [-0.05, 0) is 38.5 Å². The summed E-state index contributed by atoms with van der Waals surface area (Å²) in [5, 5.41) is 7.93. The lowest BCUT2D eigenvalue weighted by Crippen LogP contribution is -2.38. The van der Waals surface area contributed by atoms with Gasteiger partial charge in [0.1, 0.15) is 0 Å². The van der Waals surface area contributed by atoms with Gasteiger partial charge in [0.15, 0.2) is 0 Å². The lowest BCUT2D eigenvalue weighted by molar-refractivity contribution is 0.283. The van der Waals surface area contributed by atoms with Gasteiger partial charge in [0.05, 0.1) is 11.8 Å². The topological polar surface area (TPSA) is 46.0 Å². The molecule has 0 heterocycles. The average molecular weight is 322 g/mol. The molecule has 4 heteroatoms. The van der Waals surface area contributed by atoms with Gasteiger partial charge in [0.2, 0.25) is 0 Å². The van der Waals surface area contributed by atoms with Crippen LogP contribution >= 0.6 is 0 Å². The number of amidine groups is 1. The largest absolute Gasteiger partial charge is 0.335 e. The molecule has 2 saturated carbocycles. The van der Waals surface area contributed by atoms with Gasteiger partial charge in [-0.25, -0.2) is 4.99 Å². The van der Waals surface area contributed by atoms with Crippen molar-refractivity contribution in [1.29, 1.82) is 0 Å². The number of oxime groups is 1. The second kappa shape index (κ2) is 10.7. The zero-order chi connectivity index (χ0) is 16.3. The van der Waals surface area contributed by atoms with E-state index in [9.17, 15) is 0 Å². The van der Waals surface area contributed by atoms with Crippen LogP contribution in [0.15, 0.2) is 10.1 Å². The van der Waals surface area contributed by atoms with Crippen LogP contribution in [-0.4, -0.2) is 23.8 Å². The molecule has 2 fully saturated rings. The molecule has 0 aromatic rings. The van der Waals surface area contributed by atoms with Crippen molar-refractivity contribution in [3.8, 4) is 0 Å². The summed E-state index contributed by atoms with van der Waals surface area (Å²) in [5.74, 6) is 0. The minimum absolute atomic E-state index is 0.418. The monoisotopic (exact) mass is 321 g/mol. The van der Waals surface area contributed by atoms with Crippen molar-refractivity contribution in [1.82, 2.24) is 5.32 Å². The van der Waals surface area contributed by atoms with E-state index in [1.807, 2.05) is 0 Å². The second-order valence-electron chi connectivity index (χ2n) is 7.06. The van der Waals surface area contributed by atoms with Crippen molar-refractivity contribution in [3.05, 3.63) is 0 Å². The Kier molecular flexibility index (Phi) is 8.48. The van der Waals surface area contributed by atoms with Crippen LogP contribution in [0.5, 0.6) is 0 Å². The van der Waals surface area contributed by atoms with E-state index >= 15 is 0 Å². The Morgan fingerprint density at radius 1 is 0.957 bits per heavy atom. The van der Waals surface area contributed by atoms with Gasteiger partial charge in [-0.3, -0.25) is 0 Å². The van der Waals surface area contributed by atoms with Crippen LogP contribution in [-0.2, 0) is 4.84 Å². The Morgan fingerprint density at radius 2 is 1.61 bits per heavy atom. The molecule has 2 rings (SSSR count). The first-order valence-electron chi connectivity index (χ1n) is 9.89. The molecule has 0 amide bonds. The third-order valence-corrected chi connectivity index (χ3v) is 5.02. The molecule has 0 bridgehead atoms. The Bertz CT molecular complexity index is 380. The van der Waals surface area contributed by atoms with E-state index < -0.39 is 0 Å². The average Bonchev–Trinajstić information content (AvgIpc) is 2.60. The van der Waals surface area contributed by atoms with Crippen LogP contribution in [0.2, 0.25) is 0 Å². The van der Waals surface area contributed by atoms with Crippen molar-refractivity contribution < 1.29 is 4.84 Å². The van der Waals surface area contributed by atoms with Gasteiger partial charge in [-0.1, -0.05) is 63.9 Å². The van der Waals surface area contributed by atoms with Gasteiger partial charge in [0, 0.05) is 6.04 Å². The van der Waals surface area contributed by atoms with Crippen LogP contribution in [0.3, 0.4) is 0 Å². The first-order valence-corrected chi connectivity index (χ1v) is 9.89. The molecular formula is C19H35N3O. The predicted molar refractivity (Wildman–Crippen MR) is 98.0 cm³/mol. The molecule has 0 saturated heterocycles. The van der Waals surface area contributed by atoms with Crippen molar-refractivity contribution in [2.75, 3.05) is 0 Å². The third kappa shape index (κ3) is 6.92. The maximum atomic E-state index is 5.78. The van der Waals surface area contributed by atoms with E-state index in [0.717, 1.165) is 25.0 Å². The van der Waals surface area contributed by atoms with E-state index in [-0.39, 0.29) is 0 Å². The number of aliphatic imine (C=N–C) groups is 1. The standard InChI is InChI=1S/C19H35N3O/c1-3-11-16(4-2)22-23-19(20-17-12-7-5-8-13-17)21-18-14-9-6-10-15-18/h17-18H,3-15H2,1-2H3,(H,20,21)/b22-16+. The molecular weight excluding hydrogens is 286 g/mol. The molecule has 0 aliphatic heterocycles. The highest BCUT2D eigenvalue weighted by Gasteiger charge is 2.18. The van der Waals surface area contributed by atoms with Crippen LogP contribution < -0.4 is 5.32 Å². The quantitative estimate of drug-likeness (QED) is 0.416. The highest BCUT2D eigenvalue weighted by molar-refractivity contribution is 5.84. The minimum atomic E-state index is 0.418. The lowest BCUT2D eigenvalue weighted by atomic mass is 9.95. The second-order valence-corrected chi connectivity index (χ2v) is 7.06. The number of nitrogens with one attached hydrogen (secondary N) is 1. The normalized spacial score (nSPS) is 22.2. The van der Waals surface area contributed by atoms with Gasteiger partial charge in [0.25, 0.3) is 0 Å². The van der Waals surface area contributed by atoms with E-state index in [4.69, 9.17) is 9.83 Å². The van der Waals surface area contributed by atoms with E-state index in [0.29, 0.717) is 18.1 Å². The summed E-state index contributed by atoms with van der Waals surface area (Å²) < 4.78 is 0. The summed E-state index contributed by atoms with van der Waals surface area (Å²) in [5.41, 5.74) is 1.13. The molecule has 0 aromatic carbocycles. The van der Waals surface area contributed by atoms with Crippen LogP contribution in [0.4, 0.5) is 0 Å². The molecule has 132 valence electrons. The predicted octanol–water partition coefficient (Wildman–Crippen LogP) is 5.18. The van der Waals surface area contributed by atoms with Crippen LogP contribution in [0, 0.1) is 0 Å². The molecule has 1 N–H and O–H groups in total. The first-order chi connectivity index (χ1) is 11.3. The van der Waals surface area contributed by atoms with Crippen LogP contribution in [0.1, 0.15) is 97.3 Å². The lowest BCUT2D eigenvalue weighted by Gasteiger charge is -2.25. The summed E-state index contributed by atoms with van der Waals surface area (Å²) in [6, 6.07) is 1.60. The number of hydrogen-bond donors (Lipinski definition) is 1. The first kappa shape index (κ1) is 18.3. The summed E-state index contributed by atoms with van der Waals surface area (Å²) in [6.45, 7) is 4.33. The zero-order valence-corrected chi connectivity index (χ0v) is 15.1. The van der Waals surface area contributed by atoms with Crippen molar-refractivity contribution in [2.45, 2.75) is 109 Å². The van der Waals surface area contributed by atoms with Crippen molar-refractivity contribution in [2.24, 2.45) is 10.1 Å². The molecule has 4 nitrogen and oxygen atoms in total. The third-order valence-electron chi connectivity index (χ3n) is 5.02. The fourth-order valence-electron chi connectivity index (χ4n) is 3.57. The van der Waals surface area contributed by atoms with Gasteiger partial charge in [-0.2, -0.15) is 0 Å². The molecule has 0 aromatic heterocycles. The Balaban J connectivity index is 1.98. The van der Waals surface area contributed by atoms with E-state index in [2.05, 4.69) is 24.3 Å². The Labute approximate surface area is 142 Å². The van der Waals surface area contributed by atoms with Gasteiger partial charge in [-0.15, -0.1) is 0 Å². The molecule has 2 aliphatic rings. The van der Waals surface area contributed by atoms with E-state index in [1.165, 1.54) is 64.2 Å². The zero-order valence-electron chi connectivity index (χ0n) is 15.1. The fraction of sp³-hybridized carbons (Fsp3) is 0.895. The molecule has 0 spiro atoms. The molecule has 23 heavy (non-hydrogen) atoms. The summed E-state index contributed by atoms with van der Waals surface area (Å²) in [4.78, 5) is 10.7. The Morgan fingerprint density at radius 3 is 2.22 bits per heavy atom. The van der Waals surface area contributed by atoms with Gasteiger partial charge >= 0.3 is 6.02 Å². The van der Waals surface area contributed by atoms with Gasteiger partial charge < -0.3 is 10.2 Å². The Hall–Kier alpha value is -1.06. The highest BCUT2D eigenvalue weighted by Crippen LogP contribution is 2.21. The van der Waals surface area contributed by atoms with Crippen LogP contribution in [0.25, 0.3) is 0 Å². The molecule has 0 radical (unpaired) electrons. The molecule has 2 aliphatic carbocycles. The van der Waals surface area contributed by atoms with Crippen molar-refractivity contribution >= 4 is 11.7 Å². The van der Waals surface area contributed by atoms with E-state index in [1.54, 1.807) is 0 Å². The number of nitrogens with zero attached hydrogens (tertiary/aromatic N) is 2. The summed E-state index contributed by atoms with van der Waals surface area (Å²) in [6.07, 6.45) is 15.9. The summed E-state index contributed by atoms with van der Waals surface area (Å²) in [7, 11) is 0. The molecule has 0 unspecified atom stereocenters. The highest BCUT2D eigenvalue weighted by atomic mass is 16.6. The maximum Gasteiger partial charge on any atom is 0.315 e.